The molecule has 1 aliphatic heterocycles. The number of likely N-dealkylation sites (tertiary alicyclic amines) is 1. The molecule has 3 rings (SSSR count). The van der Waals surface area contributed by atoms with Crippen LogP contribution in [-0.4, -0.2) is 46.4 Å². The van der Waals surface area contributed by atoms with Gasteiger partial charge in [-0.15, -0.1) is 0 Å². The van der Waals surface area contributed by atoms with E-state index in [-0.39, 0.29) is 11.9 Å². The first-order chi connectivity index (χ1) is 14.6. The number of nitrogens with one attached hydrogen (secondary N) is 1. The van der Waals surface area contributed by atoms with Crippen LogP contribution < -0.4 is 5.73 Å². The van der Waals surface area contributed by atoms with Crippen molar-refractivity contribution in [1.29, 1.82) is 5.41 Å². The van der Waals surface area contributed by atoms with Gasteiger partial charge >= 0.3 is 0 Å². The number of oxime groups is 1. The van der Waals surface area contributed by atoms with Gasteiger partial charge in [0.05, 0.1) is 11.6 Å². The summed E-state index contributed by atoms with van der Waals surface area (Å²) < 4.78 is 5.47. The van der Waals surface area contributed by atoms with Gasteiger partial charge in [0.1, 0.15) is 6.61 Å². The van der Waals surface area contributed by atoms with Gasteiger partial charge in [-0.3, -0.25) is 5.41 Å². The molecule has 8 heteroatoms. The normalized spacial score (nSPS) is 16.8. The van der Waals surface area contributed by atoms with E-state index >= 15 is 0 Å². The minimum Gasteiger partial charge on any atom is -0.396 e. The van der Waals surface area contributed by atoms with Gasteiger partial charge in [-0.25, -0.2) is 0 Å². The van der Waals surface area contributed by atoms with Crippen molar-refractivity contribution in [2.24, 2.45) is 10.9 Å². The van der Waals surface area contributed by atoms with E-state index in [1.807, 2.05) is 36.1 Å². The highest BCUT2D eigenvalue weighted by Gasteiger charge is 2.29. The van der Waals surface area contributed by atoms with Crippen molar-refractivity contribution < 1.29 is 9.36 Å². The molecule has 1 saturated heterocycles. The van der Waals surface area contributed by atoms with Gasteiger partial charge in [0.15, 0.2) is 5.96 Å². The van der Waals surface area contributed by atoms with Crippen LogP contribution >= 0.6 is 0 Å². The number of nitrogens with two attached hydrogens (primary N) is 1. The third-order valence-corrected chi connectivity index (χ3v) is 5.42. The van der Waals surface area contributed by atoms with Gasteiger partial charge in [-0.1, -0.05) is 60.8 Å². The molecule has 30 heavy (non-hydrogen) atoms. The van der Waals surface area contributed by atoms with Crippen LogP contribution in [0.5, 0.6) is 0 Å². The number of nitrogens with zero attached hydrogens (tertiary/aromatic N) is 4. The van der Waals surface area contributed by atoms with E-state index in [2.05, 4.69) is 22.2 Å². The zero-order chi connectivity index (χ0) is 21.3. The zero-order valence-corrected chi connectivity index (χ0v) is 17.9. The van der Waals surface area contributed by atoms with E-state index in [1.54, 1.807) is 0 Å². The summed E-state index contributed by atoms with van der Waals surface area (Å²) in [6.07, 6.45) is 6.89. The Labute approximate surface area is 178 Å². The van der Waals surface area contributed by atoms with E-state index in [0.29, 0.717) is 24.9 Å². The van der Waals surface area contributed by atoms with Crippen molar-refractivity contribution >= 4 is 11.7 Å². The smallest absolute Gasteiger partial charge is 0.231 e. The van der Waals surface area contributed by atoms with E-state index in [1.165, 1.54) is 25.7 Å². The maximum absolute atomic E-state index is 7.54. The summed E-state index contributed by atoms with van der Waals surface area (Å²) in [7, 11) is 0. The molecule has 162 valence electrons. The summed E-state index contributed by atoms with van der Waals surface area (Å²) in [5.74, 6) is 1.37. The molecule has 0 unspecified atom stereocenters. The maximum atomic E-state index is 7.54. The summed E-state index contributed by atoms with van der Waals surface area (Å²) in [5, 5.41) is 15.9. The molecular weight excluding hydrogens is 380 g/mol. The standard InChI is InChI=1S/C22H32N6O2/c1-3-4-5-6-7-14-29-26-16(2)17-8-10-18(11-9-17)20-25-21(30-27-20)19-12-13-28(15-19)22(23)24/h8-11,19H,3-7,12-15H2,1-2H3,(H3,23,24)/b26-16+/t19-/m1/s1. The Kier molecular flexibility index (Phi) is 7.82. The lowest BCUT2D eigenvalue weighted by Crippen LogP contribution is -2.34. The Balaban J connectivity index is 1.52. The molecule has 0 radical (unpaired) electrons. The number of benzene rings is 1. The number of hydrogen-bond acceptors (Lipinski definition) is 6. The van der Waals surface area contributed by atoms with Crippen LogP contribution in [0.2, 0.25) is 0 Å². The van der Waals surface area contributed by atoms with Gasteiger partial charge in [-0.2, -0.15) is 4.98 Å². The van der Waals surface area contributed by atoms with E-state index in [4.69, 9.17) is 20.5 Å². The fourth-order valence-corrected chi connectivity index (χ4v) is 3.52. The van der Waals surface area contributed by atoms with Crippen LogP contribution in [0.1, 0.15) is 69.7 Å². The van der Waals surface area contributed by atoms with Gasteiger partial charge < -0.3 is 20.0 Å². The molecule has 1 aliphatic rings. The molecule has 2 aromatic rings. The van der Waals surface area contributed by atoms with Crippen LogP contribution in [0.4, 0.5) is 0 Å². The molecule has 1 aromatic carbocycles. The van der Waals surface area contributed by atoms with E-state index < -0.39 is 0 Å². The lowest BCUT2D eigenvalue weighted by Gasteiger charge is -2.14. The Morgan fingerprint density at radius 1 is 1.27 bits per heavy atom. The third-order valence-electron chi connectivity index (χ3n) is 5.42. The summed E-state index contributed by atoms with van der Waals surface area (Å²) in [5.41, 5.74) is 8.30. The van der Waals surface area contributed by atoms with Gasteiger partial charge in [0.2, 0.25) is 11.7 Å². The van der Waals surface area contributed by atoms with Crippen LogP contribution in [0.15, 0.2) is 33.9 Å². The summed E-state index contributed by atoms with van der Waals surface area (Å²) in [6, 6.07) is 7.90. The summed E-state index contributed by atoms with van der Waals surface area (Å²) in [6.45, 7) is 6.20. The van der Waals surface area contributed by atoms with E-state index in [0.717, 1.165) is 36.2 Å². The van der Waals surface area contributed by atoms with Crippen LogP contribution in [0.25, 0.3) is 11.4 Å². The molecule has 1 aromatic heterocycles. The number of hydrogen-bond donors (Lipinski definition) is 2. The molecule has 0 bridgehead atoms. The molecule has 0 amide bonds. The monoisotopic (exact) mass is 412 g/mol. The molecule has 2 heterocycles. The highest BCUT2D eigenvalue weighted by molar-refractivity contribution is 5.98. The molecule has 1 fully saturated rings. The average molecular weight is 413 g/mol. The second kappa shape index (κ2) is 10.8. The van der Waals surface area contributed by atoms with Crippen molar-refractivity contribution in [2.45, 2.75) is 58.3 Å². The van der Waals surface area contributed by atoms with Crippen molar-refractivity contribution in [3.8, 4) is 11.4 Å². The fraction of sp³-hybridized carbons (Fsp3) is 0.545. The first kappa shape index (κ1) is 21.8. The van der Waals surface area contributed by atoms with Crippen molar-refractivity contribution in [2.75, 3.05) is 19.7 Å². The highest BCUT2D eigenvalue weighted by atomic mass is 16.6. The highest BCUT2D eigenvalue weighted by Crippen LogP contribution is 2.27. The molecule has 8 nitrogen and oxygen atoms in total. The fourth-order valence-electron chi connectivity index (χ4n) is 3.52. The van der Waals surface area contributed by atoms with E-state index in [9.17, 15) is 0 Å². The molecular formula is C22H32N6O2. The van der Waals surface area contributed by atoms with Crippen molar-refractivity contribution in [1.82, 2.24) is 15.0 Å². The number of unbranched alkanes of at least 4 members (excludes halogenated alkanes) is 4. The van der Waals surface area contributed by atoms with Gasteiger partial charge in [-0.05, 0) is 31.7 Å². The van der Waals surface area contributed by atoms with Gasteiger partial charge in [0.25, 0.3) is 0 Å². The molecule has 0 aliphatic carbocycles. The first-order valence-electron chi connectivity index (χ1n) is 10.8. The SMILES string of the molecule is CCCCCCCO/N=C(\C)c1ccc(-c2noc([C@@H]3CCN(C(=N)N)C3)n2)cc1. The zero-order valence-electron chi connectivity index (χ0n) is 17.9. The summed E-state index contributed by atoms with van der Waals surface area (Å²) >= 11 is 0. The van der Waals surface area contributed by atoms with Crippen LogP contribution in [0, 0.1) is 5.41 Å². The number of rotatable bonds is 10. The second-order valence-electron chi connectivity index (χ2n) is 7.77. The molecule has 0 saturated carbocycles. The molecule has 1 atom stereocenters. The van der Waals surface area contributed by atoms with Crippen molar-refractivity contribution in [3.63, 3.8) is 0 Å². The largest absolute Gasteiger partial charge is 0.396 e. The predicted molar refractivity (Wildman–Crippen MR) is 118 cm³/mol. The Hall–Kier alpha value is -2.90. The average Bonchev–Trinajstić information content (AvgIpc) is 3.43. The third kappa shape index (κ3) is 5.81. The Morgan fingerprint density at radius 2 is 2.03 bits per heavy atom. The Morgan fingerprint density at radius 3 is 2.73 bits per heavy atom. The lowest BCUT2D eigenvalue weighted by molar-refractivity contribution is 0.139. The van der Waals surface area contributed by atoms with Crippen molar-refractivity contribution in [3.05, 3.63) is 35.7 Å². The number of aromatic nitrogens is 2. The predicted octanol–water partition coefficient (Wildman–Crippen LogP) is 4.13. The minimum atomic E-state index is 0.0883. The van der Waals surface area contributed by atoms with Crippen LogP contribution in [0.3, 0.4) is 0 Å². The first-order valence-corrected chi connectivity index (χ1v) is 10.8. The maximum Gasteiger partial charge on any atom is 0.231 e. The van der Waals surface area contributed by atoms with Crippen LogP contribution in [-0.2, 0) is 4.84 Å². The topological polar surface area (TPSA) is 114 Å². The number of guanidine groups is 1. The molecule has 0 spiro atoms. The Bertz CT molecular complexity index is 846. The quantitative estimate of drug-likeness (QED) is 0.262. The molecule has 3 N–H and O–H groups in total. The van der Waals surface area contributed by atoms with Gasteiger partial charge in [0, 0.05) is 18.7 Å². The lowest BCUT2D eigenvalue weighted by atomic mass is 10.1. The second-order valence-corrected chi connectivity index (χ2v) is 7.77. The minimum absolute atomic E-state index is 0.0883. The summed E-state index contributed by atoms with van der Waals surface area (Å²) in [4.78, 5) is 11.8.